The van der Waals surface area contributed by atoms with Crippen molar-refractivity contribution in [2.24, 2.45) is 0 Å². The fraction of sp³-hybridized carbons (Fsp3) is 0.417. The van der Waals surface area contributed by atoms with Crippen LogP contribution >= 0.6 is 23.1 Å². The van der Waals surface area contributed by atoms with Crippen LogP contribution in [0.15, 0.2) is 77.7 Å². The normalized spacial score (nSPS) is 14.0. The summed E-state index contributed by atoms with van der Waals surface area (Å²) in [7, 11) is -1.98. The Morgan fingerprint density at radius 1 is 0.932 bits per heavy atom. The Kier molecular flexibility index (Phi) is 10.8. The summed E-state index contributed by atoms with van der Waals surface area (Å²) in [6.45, 7) is 17.6. The largest absolute Gasteiger partial charge is 0.543 e. The van der Waals surface area contributed by atoms with Gasteiger partial charge in [0.25, 0.3) is 0 Å². The third-order valence-electron chi connectivity index (χ3n) is 8.59. The predicted molar refractivity (Wildman–Crippen MR) is 184 cm³/mol. The number of nitrogens with zero attached hydrogens (tertiary/aromatic N) is 1. The van der Waals surface area contributed by atoms with Crippen LogP contribution in [0.4, 0.5) is 13.2 Å². The van der Waals surface area contributed by atoms with Crippen molar-refractivity contribution in [2.75, 3.05) is 0 Å². The third kappa shape index (κ3) is 8.18. The minimum Gasteiger partial charge on any atom is -0.543 e. The first kappa shape index (κ1) is 34.3. The SMILES string of the molecule is CCCCC(c1ccccc1)C(Sc1ccc(O[Si](C)(C)C(C)(C)C)c(C)c1)c1sc(-c2ccc(C(F)(F)F)cc2)nc1C. The second kappa shape index (κ2) is 13.8. The van der Waals surface area contributed by atoms with Gasteiger partial charge in [0.2, 0.25) is 8.32 Å². The van der Waals surface area contributed by atoms with Gasteiger partial charge in [0.15, 0.2) is 0 Å². The number of unbranched alkanes of at least 4 members (excludes halogenated alkanes) is 1. The molecule has 8 heteroatoms. The predicted octanol–water partition coefficient (Wildman–Crippen LogP) is 12.6. The Morgan fingerprint density at radius 2 is 1.59 bits per heavy atom. The van der Waals surface area contributed by atoms with Crippen molar-refractivity contribution in [3.8, 4) is 16.3 Å². The fourth-order valence-corrected chi connectivity index (χ4v) is 8.83. The molecular weight excluding hydrogens is 612 g/mol. The zero-order valence-corrected chi connectivity index (χ0v) is 29.6. The van der Waals surface area contributed by atoms with Crippen LogP contribution in [0.3, 0.4) is 0 Å². The van der Waals surface area contributed by atoms with Crippen molar-refractivity contribution in [1.29, 1.82) is 0 Å². The van der Waals surface area contributed by atoms with Gasteiger partial charge in [-0.15, -0.1) is 23.1 Å². The van der Waals surface area contributed by atoms with Crippen LogP contribution in [0, 0.1) is 13.8 Å². The summed E-state index contributed by atoms with van der Waals surface area (Å²) >= 11 is 3.44. The fourth-order valence-electron chi connectivity index (χ4n) is 4.92. The van der Waals surface area contributed by atoms with Gasteiger partial charge in [-0.1, -0.05) is 83.0 Å². The molecule has 0 N–H and O–H groups in total. The maximum absolute atomic E-state index is 13.2. The molecule has 236 valence electrons. The lowest BCUT2D eigenvalue weighted by molar-refractivity contribution is -0.137. The molecule has 4 aromatic rings. The van der Waals surface area contributed by atoms with E-state index in [2.05, 4.69) is 90.2 Å². The molecule has 0 spiro atoms. The number of rotatable bonds is 11. The van der Waals surface area contributed by atoms with E-state index in [1.54, 1.807) is 11.3 Å². The van der Waals surface area contributed by atoms with Gasteiger partial charge in [-0.05, 0) is 79.9 Å². The molecule has 0 aliphatic rings. The van der Waals surface area contributed by atoms with Gasteiger partial charge in [0.05, 0.1) is 16.5 Å². The zero-order chi connectivity index (χ0) is 32.3. The molecule has 0 bridgehead atoms. The zero-order valence-electron chi connectivity index (χ0n) is 27.0. The molecule has 0 radical (unpaired) electrons. The highest BCUT2D eigenvalue weighted by Gasteiger charge is 2.39. The Labute approximate surface area is 270 Å². The van der Waals surface area contributed by atoms with Gasteiger partial charge in [-0.3, -0.25) is 0 Å². The van der Waals surface area contributed by atoms with E-state index in [1.165, 1.54) is 17.7 Å². The van der Waals surface area contributed by atoms with E-state index in [0.29, 0.717) is 5.56 Å². The van der Waals surface area contributed by atoms with Crippen molar-refractivity contribution in [1.82, 2.24) is 4.98 Å². The Balaban J connectivity index is 1.75. The van der Waals surface area contributed by atoms with Crippen molar-refractivity contribution >= 4 is 31.4 Å². The number of hydrogen-bond acceptors (Lipinski definition) is 4. The molecule has 2 nitrogen and oxygen atoms in total. The lowest BCUT2D eigenvalue weighted by atomic mass is 9.89. The van der Waals surface area contributed by atoms with Crippen LogP contribution in [-0.2, 0) is 6.18 Å². The first-order valence-corrected chi connectivity index (χ1v) is 19.9. The average Bonchev–Trinajstić information content (AvgIpc) is 3.34. The molecule has 2 atom stereocenters. The molecule has 1 aromatic heterocycles. The highest BCUT2D eigenvalue weighted by Crippen LogP contribution is 2.51. The van der Waals surface area contributed by atoms with Crippen LogP contribution in [0.1, 0.15) is 85.4 Å². The minimum absolute atomic E-state index is 0.0798. The molecule has 0 aliphatic carbocycles. The third-order valence-corrected chi connectivity index (χ3v) is 15.7. The quantitative estimate of drug-likeness (QED) is 0.119. The molecule has 0 aliphatic heterocycles. The molecule has 0 amide bonds. The number of thioether (sulfide) groups is 1. The van der Waals surface area contributed by atoms with Crippen LogP contribution < -0.4 is 4.43 Å². The molecule has 1 heterocycles. The van der Waals surface area contributed by atoms with E-state index >= 15 is 0 Å². The van der Waals surface area contributed by atoms with E-state index in [1.807, 2.05) is 24.8 Å². The highest BCUT2D eigenvalue weighted by molar-refractivity contribution is 7.99. The van der Waals surface area contributed by atoms with Crippen molar-refractivity contribution in [3.63, 3.8) is 0 Å². The van der Waals surface area contributed by atoms with E-state index in [9.17, 15) is 13.2 Å². The van der Waals surface area contributed by atoms with E-state index < -0.39 is 20.1 Å². The Hall–Kier alpha value is -2.55. The molecule has 3 aromatic carbocycles. The number of alkyl halides is 3. The summed E-state index contributed by atoms with van der Waals surface area (Å²) in [5.74, 6) is 1.19. The smallest absolute Gasteiger partial charge is 0.416 e. The van der Waals surface area contributed by atoms with E-state index in [0.717, 1.165) is 63.2 Å². The van der Waals surface area contributed by atoms with E-state index in [4.69, 9.17) is 9.41 Å². The molecule has 2 unspecified atom stereocenters. The van der Waals surface area contributed by atoms with Crippen molar-refractivity contribution < 1.29 is 17.6 Å². The average molecular weight is 656 g/mol. The number of hydrogen-bond donors (Lipinski definition) is 0. The van der Waals surface area contributed by atoms with Gasteiger partial charge in [0.1, 0.15) is 10.8 Å². The summed E-state index contributed by atoms with van der Waals surface area (Å²) < 4.78 is 46.3. The summed E-state index contributed by atoms with van der Waals surface area (Å²) in [5, 5.41) is 0.930. The van der Waals surface area contributed by atoms with Gasteiger partial charge in [-0.2, -0.15) is 13.2 Å². The van der Waals surface area contributed by atoms with Crippen LogP contribution in [-0.4, -0.2) is 13.3 Å². The standard InChI is InChI=1S/C36H44F3NOS2Si/c1-9-10-16-30(26-14-12-11-13-15-26)33(42-29-21-22-31(24(2)23-29)41-44(7,8)35(4,5)6)32-25(3)40-34(43-32)27-17-19-28(20-18-27)36(37,38)39/h11-15,17-23,30,33H,9-10,16H2,1-8H3. The molecule has 0 saturated carbocycles. The maximum Gasteiger partial charge on any atom is 0.416 e. The maximum atomic E-state index is 13.2. The first-order chi connectivity index (χ1) is 20.6. The number of aromatic nitrogens is 1. The number of benzene rings is 3. The second-order valence-corrected chi connectivity index (χ2v) is 20.0. The summed E-state index contributed by atoms with van der Waals surface area (Å²) in [4.78, 5) is 7.22. The van der Waals surface area contributed by atoms with Crippen LogP contribution in [0.2, 0.25) is 18.1 Å². The number of aryl methyl sites for hydroxylation is 2. The summed E-state index contributed by atoms with van der Waals surface area (Å²) in [5.41, 5.74) is 3.39. The second-order valence-electron chi connectivity index (χ2n) is 13.0. The Morgan fingerprint density at radius 3 is 2.16 bits per heavy atom. The monoisotopic (exact) mass is 655 g/mol. The lowest BCUT2D eigenvalue weighted by Gasteiger charge is -2.37. The number of thiazole rings is 1. The van der Waals surface area contributed by atoms with Crippen molar-refractivity contribution in [2.45, 2.75) is 101 Å². The van der Waals surface area contributed by atoms with Crippen LogP contribution in [0.5, 0.6) is 5.75 Å². The molecule has 44 heavy (non-hydrogen) atoms. The molecule has 4 rings (SSSR count). The first-order valence-electron chi connectivity index (χ1n) is 15.3. The molecule has 0 fully saturated rings. The van der Waals surface area contributed by atoms with Gasteiger partial charge in [-0.25, -0.2) is 4.98 Å². The molecular formula is C36H44F3NOS2Si. The Bertz CT molecular complexity index is 1530. The lowest BCUT2D eigenvalue weighted by Crippen LogP contribution is -2.44. The minimum atomic E-state index is -4.37. The van der Waals surface area contributed by atoms with Crippen LogP contribution in [0.25, 0.3) is 10.6 Å². The van der Waals surface area contributed by atoms with Gasteiger partial charge < -0.3 is 4.43 Å². The summed E-state index contributed by atoms with van der Waals surface area (Å²) in [6.07, 6.45) is -1.15. The number of halogens is 3. The summed E-state index contributed by atoms with van der Waals surface area (Å²) in [6, 6.07) is 22.5. The van der Waals surface area contributed by atoms with Gasteiger partial charge in [0, 0.05) is 21.3 Å². The van der Waals surface area contributed by atoms with E-state index in [-0.39, 0.29) is 16.2 Å². The molecule has 0 saturated heterocycles. The van der Waals surface area contributed by atoms with Crippen molar-refractivity contribution in [3.05, 3.63) is 100 Å². The van der Waals surface area contributed by atoms with Gasteiger partial charge >= 0.3 is 6.18 Å². The topological polar surface area (TPSA) is 22.1 Å². The highest BCUT2D eigenvalue weighted by atomic mass is 32.2.